The molecule has 0 aromatic heterocycles. The lowest BCUT2D eigenvalue weighted by Crippen LogP contribution is -1.92. The van der Waals surface area contributed by atoms with Crippen LogP contribution in [0.3, 0.4) is 0 Å². The molecule has 0 heterocycles. The fourth-order valence-corrected chi connectivity index (χ4v) is 9.00. The van der Waals surface area contributed by atoms with Gasteiger partial charge in [-0.2, -0.15) is 0 Å². The highest BCUT2D eigenvalue weighted by molar-refractivity contribution is 6.20. The maximum Gasteiger partial charge on any atom is -0.00201 e. The number of hydrogen-bond donors (Lipinski definition) is 0. The van der Waals surface area contributed by atoms with Crippen molar-refractivity contribution in [2.75, 3.05) is 0 Å². The first-order chi connectivity index (χ1) is 27.8. The van der Waals surface area contributed by atoms with Crippen LogP contribution in [0.4, 0.5) is 0 Å². The van der Waals surface area contributed by atoms with Crippen LogP contribution in [0.15, 0.2) is 218 Å². The minimum atomic E-state index is 1.21. The molecule has 0 heteroatoms. The maximum absolute atomic E-state index is 2.42. The van der Waals surface area contributed by atoms with Gasteiger partial charge in [0.05, 0.1) is 0 Å². The highest BCUT2D eigenvalue weighted by Gasteiger charge is 2.18. The number of fused-ring (bicyclic) bond motifs is 5. The topological polar surface area (TPSA) is 0 Å². The molecule has 0 bridgehead atoms. The van der Waals surface area contributed by atoms with Gasteiger partial charge >= 0.3 is 0 Å². The molecular weight excluding hydrogens is 673 g/mol. The van der Waals surface area contributed by atoms with E-state index in [1.54, 1.807) is 0 Å². The summed E-state index contributed by atoms with van der Waals surface area (Å²) in [7, 11) is 0. The van der Waals surface area contributed by atoms with Gasteiger partial charge in [0.1, 0.15) is 0 Å². The lowest BCUT2D eigenvalue weighted by molar-refractivity contribution is 1.61. The van der Waals surface area contributed by atoms with Crippen LogP contribution in [0.1, 0.15) is 0 Å². The molecular formula is C56H36. The zero-order valence-electron chi connectivity index (χ0n) is 30.8. The largest absolute Gasteiger partial charge is 0.0616 e. The van der Waals surface area contributed by atoms with Gasteiger partial charge in [-0.05, 0) is 134 Å². The van der Waals surface area contributed by atoms with Crippen molar-refractivity contribution in [2.24, 2.45) is 0 Å². The first kappa shape index (κ1) is 32.2. The van der Waals surface area contributed by atoms with Gasteiger partial charge in [-0.3, -0.25) is 0 Å². The summed E-state index contributed by atoms with van der Waals surface area (Å²) in [4.78, 5) is 0. The fourth-order valence-electron chi connectivity index (χ4n) is 9.00. The normalized spacial score (nSPS) is 11.6. The first-order valence-electron chi connectivity index (χ1n) is 19.4. The van der Waals surface area contributed by atoms with Gasteiger partial charge in [0.25, 0.3) is 0 Å². The van der Waals surface area contributed by atoms with Crippen LogP contribution in [0.2, 0.25) is 0 Å². The summed E-state index contributed by atoms with van der Waals surface area (Å²) in [5, 5.41) is 12.5. The van der Waals surface area contributed by atoms with Gasteiger partial charge in [0, 0.05) is 0 Å². The zero-order chi connectivity index (χ0) is 37.0. The number of hydrogen-bond acceptors (Lipinski definition) is 0. The Labute approximate surface area is 326 Å². The Balaban J connectivity index is 1.16. The second kappa shape index (κ2) is 13.2. The second-order valence-corrected chi connectivity index (χ2v) is 14.8. The average Bonchev–Trinajstić information content (AvgIpc) is 3.27. The molecule has 0 N–H and O–H groups in total. The van der Waals surface area contributed by atoms with Gasteiger partial charge in [-0.15, -0.1) is 0 Å². The van der Waals surface area contributed by atoms with Gasteiger partial charge in [-0.1, -0.05) is 194 Å². The van der Waals surface area contributed by atoms with E-state index in [1.165, 1.54) is 109 Å². The van der Waals surface area contributed by atoms with E-state index in [9.17, 15) is 0 Å². The molecule has 0 amide bonds. The molecule has 0 aliphatic carbocycles. The third kappa shape index (κ3) is 5.38. The van der Waals surface area contributed by atoms with E-state index in [0.717, 1.165) is 0 Å². The van der Waals surface area contributed by atoms with Crippen molar-refractivity contribution in [3.63, 3.8) is 0 Å². The van der Waals surface area contributed by atoms with Crippen molar-refractivity contribution in [2.45, 2.75) is 0 Å². The molecule has 0 fully saturated rings. The number of benzene rings is 11. The third-order valence-electron chi connectivity index (χ3n) is 11.6. The molecule has 0 saturated heterocycles. The van der Waals surface area contributed by atoms with Crippen LogP contribution >= 0.6 is 0 Å². The smallest absolute Gasteiger partial charge is 0.00201 e. The van der Waals surface area contributed by atoms with Crippen LogP contribution in [0.5, 0.6) is 0 Å². The van der Waals surface area contributed by atoms with Crippen molar-refractivity contribution >= 4 is 53.9 Å². The van der Waals surface area contributed by atoms with Crippen molar-refractivity contribution in [1.29, 1.82) is 0 Å². The van der Waals surface area contributed by atoms with Gasteiger partial charge in [-0.25, -0.2) is 0 Å². The predicted molar refractivity (Wildman–Crippen MR) is 241 cm³/mol. The minimum absolute atomic E-state index is 1.21. The lowest BCUT2D eigenvalue weighted by atomic mass is 9.84. The van der Waals surface area contributed by atoms with E-state index >= 15 is 0 Å². The van der Waals surface area contributed by atoms with Crippen molar-refractivity contribution in [1.82, 2.24) is 0 Å². The summed E-state index contributed by atoms with van der Waals surface area (Å²) in [6, 6.07) is 80.5. The Morgan fingerprint density at radius 2 is 0.625 bits per heavy atom. The Morgan fingerprint density at radius 3 is 1.25 bits per heavy atom. The average molecular weight is 709 g/mol. The second-order valence-electron chi connectivity index (χ2n) is 14.8. The zero-order valence-corrected chi connectivity index (χ0v) is 30.8. The standard InChI is InChI=1S/C56H36/c1-2-16-40-33-46(32-31-37(40)13-1)56-53-30-12-28-51(43-21-7-19-41(34-43)49-26-9-17-38-14-3-5-24-47(38)49)54(53)36-45-23-11-29-52(55(45)56)44-22-8-20-42(35-44)50-27-10-18-39-15-4-6-25-48(39)50/h1-36H. The van der Waals surface area contributed by atoms with E-state index in [-0.39, 0.29) is 0 Å². The molecule has 0 atom stereocenters. The fraction of sp³-hybridized carbons (Fsp3) is 0. The maximum atomic E-state index is 2.42. The van der Waals surface area contributed by atoms with E-state index in [1.807, 2.05) is 0 Å². The molecule has 0 nitrogen and oxygen atoms in total. The third-order valence-corrected chi connectivity index (χ3v) is 11.6. The molecule has 0 aliphatic heterocycles. The van der Waals surface area contributed by atoms with Crippen LogP contribution in [-0.4, -0.2) is 0 Å². The van der Waals surface area contributed by atoms with E-state index in [2.05, 4.69) is 218 Å². The van der Waals surface area contributed by atoms with Gasteiger partial charge < -0.3 is 0 Å². The molecule has 11 rings (SSSR count). The van der Waals surface area contributed by atoms with Crippen molar-refractivity contribution < 1.29 is 0 Å². The summed E-state index contributed by atoms with van der Waals surface area (Å²) >= 11 is 0. The molecule has 0 radical (unpaired) electrons. The summed E-state index contributed by atoms with van der Waals surface area (Å²) in [6.45, 7) is 0. The molecule has 0 aliphatic rings. The van der Waals surface area contributed by atoms with Gasteiger partial charge in [0.2, 0.25) is 0 Å². The molecule has 0 unspecified atom stereocenters. The van der Waals surface area contributed by atoms with Crippen LogP contribution in [0, 0.1) is 0 Å². The Bertz CT molecular complexity index is 3300. The molecule has 11 aromatic carbocycles. The first-order valence-corrected chi connectivity index (χ1v) is 19.4. The molecule has 260 valence electrons. The van der Waals surface area contributed by atoms with E-state index < -0.39 is 0 Å². The monoisotopic (exact) mass is 708 g/mol. The SMILES string of the molecule is c1cc(-c2cccc3ccccc23)cc(-c2cccc3c(-c4ccc5ccccc5c4)c4c(-c5cccc(-c6cccc7ccccc67)c5)cccc4cc23)c1. The summed E-state index contributed by atoms with van der Waals surface area (Å²) in [5.74, 6) is 0. The quantitative estimate of drug-likeness (QED) is 0.156. The lowest BCUT2D eigenvalue weighted by Gasteiger charge is -2.19. The molecule has 56 heavy (non-hydrogen) atoms. The summed E-state index contributed by atoms with van der Waals surface area (Å²) < 4.78 is 0. The summed E-state index contributed by atoms with van der Waals surface area (Å²) in [6.07, 6.45) is 0. The van der Waals surface area contributed by atoms with Crippen molar-refractivity contribution in [3.05, 3.63) is 218 Å². The highest BCUT2D eigenvalue weighted by atomic mass is 14.2. The summed E-state index contributed by atoms with van der Waals surface area (Å²) in [5.41, 5.74) is 12.3. The molecule has 0 saturated carbocycles. The van der Waals surface area contributed by atoms with Crippen LogP contribution < -0.4 is 0 Å². The van der Waals surface area contributed by atoms with Crippen LogP contribution in [0.25, 0.3) is 109 Å². The Morgan fingerprint density at radius 1 is 0.196 bits per heavy atom. The van der Waals surface area contributed by atoms with Crippen LogP contribution in [-0.2, 0) is 0 Å². The van der Waals surface area contributed by atoms with E-state index in [0.29, 0.717) is 0 Å². The minimum Gasteiger partial charge on any atom is -0.0616 e. The molecule has 0 spiro atoms. The predicted octanol–water partition coefficient (Wildman–Crippen LogP) is 15.8. The Kier molecular flexibility index (Phi) is 7.60. The van der Waals surface area contributed by atoms with E-state index in [4.69, 9.17) is 0 Å². The molecule has 11 aromatic rings. The highest BCUT2D eigenvalue weighted by Crippen LogP contribution is 2.45. The van der Waals surface area contributed by atoms with Gasteiger partial charge in [0.15, 0.2) is 0 Å². The number of rotatable bonds is 5. The Hall–Kier alpha value is -7.28. The van der Waals surface area contributed by atoms with Crippen molar-refractivity contribution in [3.8, 4) is 55.6 Å².